The Kier molecular flexibility index (Phi) is 10.8. The van der Waals surface area contributed by atoms with Gasteiger partial charge in [0.05, 0.1) is 12.4 Å². The fourth-order valence-corrected chi connectivity index (χ4v) is 5.41. The van der Waals surface area contributed by atoms with Crippen LogP contribution in [0.2, 0.25) is 0 Å². The highest BCUT2D eigenvalue weighted by Crippen LogP contribution is 2.20. The maximum atomic E-state index is 14.0. The van der Waals surface area contributed by atoms with Crippen molar-refractivity contribution in [3.63, 3.8) is 0 Å². The number of hydrogen-bond donors (Lipinski definition) is 8. The molecule has 2 aromatic heterocycles. The monoisotopic (exact) mass is 651 g/mol. The van der Waals surface area contributed by atoms with E-state index in [4.69, 9.17) is 5.73 Å². The van der Waals surface area contributed by atoms with Crippen LogP contribution in [0, 0.1) is 0 Å². The Labute approximate surface area is 276 Å². The van der Waals surface area contributed by atoms with Crippen LogP contribution in [0.5, 0.6) is 5.75 Å². The van der Waals surface area contributed by atoms with E-state index in [-0.39, 0.29) is 31.4 Å². The summed E-state index contributed by atoms with van der Waals surface area (Å²) in [4.78, 5) is 63.1. The molecule has 9 N–H and O–H groups in total. The number of imidazole rings is 1. The van der Waals surface area contributed by atoms with Gasteiger partial charge in [0, 0.05) is 48.3 Å². The summed E-state index contributed by atoms with van der Waals surface area (Å²) in [6.07, 6.45) is 4.85. The number of carbonyl (C=O) groups excluding carboxylic acids is 3. The lowest BCUT2D eigenvalue weighted by Crippen LogP contribution is -2.58. The van der Waals surface area contributed by atoms with Gasteiger partial charge in [-0.2, -0.15) is 0 Å². The topological polar surface area (TPSA) is 215 Å². The van der Waals surface area contributed by atoms with Crippen LogP contribution < -0.4 is 21.7 Å². The average Bonchev–Trinajstić information content (AvgIpc) is 3.75. The van der Waals surface area contributed by atoms with Crippen molar-refractivity contribution in [3.8, 4) is 5.75 Å². The number of rotatable bonds is 15. The summed E-state index contributed by atoms with van der Waals surface area (Å²) < 4.78 is 0. The molecule has 48 heavy (non-hydrogen) atoms. The van der Waals surface area contributed by atoms with Crippen LogP contribution in [-0.2, 0) is 44.9 Å². The average molecular weight is 652 g/mol. The fourth-order valence-electron chi connectivity index (χ4n) is 5.41. The lowest BCUT2D eigenvalue weighted by Gasteiger charge is -2.25. The van der Waals surface area contributed by atoms with Gasteiger partial charge in [-0.3, -0.25) is 14.4 Å². The van der Waals surface area contributed by atoms with Crippen LogP contribution >= 0.6 is 0 Å². The molecule has 0 aliphatic rings. The molecule has 0 fully saturated rings. The van der Waals surface area contributed by atoms with E-state index in [0.29, 0.717) is 5.69 Å². The number of para-hydroxylation sites is 1. The highest BCUT2D eigenvalue weighted by Gasteiger charge is 2.31. The van der Waals surface area contributed by atoms with Gasteiger partial charge in [-0.15, -0.1) is 0 Å². The smallest absolute Gasteiger partial charge is 0.326 e. The van der Waals surface area contributed by atoms with Crippen molar-refractivity contribution in [2.75, 3.05) is 0 Å². The molecule has 3 amide bonds. The van der Waals surface area contributed by atoms with Crippen molar-refractivity contribution in [1.29, 1.82) is 0 Å². The number of phenols is 1. The predicted molar refractivity (Wildman–Crippen MR) is 178 cm³/mol. The molecule has 2 heterocycles. The van der Waals surface area contributed by atoms with Crippen LogP contribution in [0.4, 0.5) is 0 Å². The lowest BCUT2D eigenvalue weighted by molar-refractivity contribution is -0.142. The van der Waals surface area contributed by atoms with Crippen molar-refractivity contribution in [2.24, 2.45) is 5.73 Å². The van der Waals surface area contributed by atoms with Gasteiger partial charge >= 0.3 is 5.97 Å². The van der Waals surface area contributed by atoms with Crippen LogP contribution in [0.1, 0.15) is 22.4 Å². The van der Waals surface area contributed by atoms with Crippen LogP contribution in [-0.4, -0.2) is 73.0 Å². The standard InChI is InChI=1S/C35H37N7O6/c36-27(14-22-10-12-25(43)13-11-22)32(44)40-29(15-21-6-2-1-3-7-21)33(45)41-30(16-23-18-38-28-9-5-4-8-26(23)28)34(46)42-31(35(47)48)17-24-19-37-20-39-24/h1-13,18-20,27,29-31,38,43H,14-17,36H2,(H,37,39)(H,40,44)(H,41,45)(H,42,46)(H,47,48). The molecule has 5 aromatic rings. The number of nitrogens with two attached hydrogens (primary N) is 1. The van der Waals surface area contributed by atoms with Gasteiger partial charge in [-0.05, 0) is 41.3 Å². The number of hydrogen-bond acceptors (Lipinski definition) is 7. The first-order chi connectivity index (χ1) is 23.2. The minimum absolute atomic E-state index is 0.0321. The Morgan fingerprint density at radius 3 is 2.02 bits per heavy atom. The van der Waals surface area contributed by atoms with Gasteiger partial charge in [0.1, 0.15) is 23.9 Å². The summed E-state index contributed by atoms with van der Waals surface area (Å²) in [5, 5.41) is 28.4. The maximum absolute atomic E-state index is 14.0. The molecule has 0 bridgehead atoms. The second-order valence-corrected chi connectivity index (χ2v) is 11.5. The molecule has 0 aliphatic heterocycles. The first-order valence-electron chi connectivity index (χ1n) is 15.4. The van der Waals surface area contributed by atoms with E-state index < -0.39 is 47.9 Å². The zero-order chi connectivity index (χ0) is 34.0. The highest BCUT2D eigenvalue weighted by atomic mass is 16.4. The Bertz CT molecular complexity index is 1840. The number of carbonyl (C=O) groups is 4. The molecule has 13 nitrogen and oxygen atoms in total. The third-order valence-electron chi connectivity index (χ3n) is 7.97. The molecule has 0 aliphatic carbocycles. The molecule has 0 spiro atoms. The molecule has 0 saturated carbocycles. The predicted octanol–water partition coefficient (Wildman–Crippen LogP) is 1.73. The Morgan fingerprint density at radius 1 is 0.708 bits per heavy atom. The van der Waals surface area contributed by atoms with Gasteiger partial charge in [-0.25, -0.2) is 9.78 Å². The normalized spacial score (nSPS) is 13.6. The summed E-state index contributed by atoms with van der Waals surface area (Å²) in [6, 6.07) is 18.2. The quantitative estimate of drug-likeness (QED) is 0.0832. The Balaban J connectivity index is 1.38. The van der Waals surface area contributed by atoms with Crippen molar-refractivity contribution >= 4 is 34.6 Å². The molecule has 13 heteroatoms. The van der Waals surface area contributed by atoms with E-state index in [1.807, 2.05) is 54.6 Å². The number of nitrogens with one attached hydrogen (secondary N) is 5. The highest BCUT2D eigenvalue weighted by molar-refractivity contribution is 5.95. The first-order valence-corrected chi connectivity index (χ1v) is 15.4. The minimum atomic E-state index is -1.31. The van der Waals surface area contributed by atoms with Crippen molar-refractivity contribution in [2.45, 2.75) is 49.9 Å². The molecular formula is C35H37N7O6. The number of phenolic OH excluding ortho intramolecular Hbond substituents is 1. The van der Waals surface area contributed by atoms with E-state index in [1.54, 1.807) is 18.3 Å². The number of benzene rings is 3. The number of aromatic amines is 2. The number of carboxylic acid groups (broad SMARTS) is 1. The van der Waals surface area contributed by atoms with Gasteiger partial charge in [0.15, 0.2) is 0 Å². The molecule has 4 atom stereocenters. The molecule has 5 rings (SSSR count). The number of nitrogens with zero attached hydrogens (tertiary/aromatic N) is 1. The summed E-state index contributed by atoms with van der Waals surface area (Å²) in [7, 11) is 0. The number of fused-ring (bicyclic) bond motifs is 1. The molecule has 0 saturated heterocycles. The number of carboxylic acids is 1. The Morgan fingerprint density at radius 2 is 1.33 bits per heavy atom. The minimum Gasteiger partial charge on any atom is -0.508 e. The largest absolute Gasteiger partial charge is 0.508 e. The summed E-state index contributed by atoms with van der Waals surface area (Å²) in [6.45, 7) is 0. The Hall–Kier alpha value is -5.95. The van der Waals surface area contributed by atoms with E-state index in [0.717, 1.165) is 27.6 Å². The third kappa shape index (κ3) is 8.85. The number of amides is 3. The number of aliphatic carboxylic acids is 1. The van der Waals surface area contributed by atoms with Crippen LogP contribution in [0.25, 0.3) is 10.9 Å². The van der Waals surface area contributed by atoms with Gasteiger partial charge in [-0.1, -0.05) is 60.7 Å². The summed E-state index contributed by atoms with van der Waals surface area (Å²) in [5.74, 6) is -3.12. The SMILES string of the molecule is NC(Cc1ccc(O)cc1)C(=O)NC(Cc1ccccc1)C(=O)NC(Cc1c[nH]c2ccccc12)C(=O)NC(Cc1cnc[nH]1)C(=O)O. The fraction of sp³-hybridized carbons (Fsp3) is 0.229. The van der Waals surface area contributed by atoms with Crippen molar-refractivity contribution < 1.29 is 29.4 Å². The van der Waals surface area contributed by atoms with Gasteiger partial charge in [0.25, 0.3) is 0 Å². The molecular weight excluding hydrogens is 614 g/mol. The first kappa shape index (κ1) is 33.4. The summed E-state index contributed by atoms with van der Waals surface area (Å²) >= 11 is 0. The number of aromatic hydroxyl groups is 1. The zero-order valence-corrected chi connectivity index (χ0v) is 25.9. The summed E-state index contributed by atoms with van der Waals surface area (Å²) in [5.41, 5.74) is 9.77. The molecule has 0 radical (unpaired) electrons. The van der Waals surface area contributed by atoms with E-state index in [9.17, 15) is 29.4 Å². The molecule has 4 unspecified atom stereocenters. The second kappa shape index (κ2) is 15.6. The second-order valence-electron chi connectivity index (χ2n) is 11.5. The van der Waals surface area contributed by atoms with Crippen LogP contribution in [0.3, 0.4) is 0 Å². The molecule has 3 aromatic carbocycles. The molecule has 248 valence electrons. The van der Waals surface area contributed by atoms with Crippen LogP contribution in [0.15, 0.2) is 97.6 Å². The van der Waals surface area contributed by atoms with E-state index in [1.165, 1.54) is 24.7 Å². The lowest BCUT2D eigenvalue weighted by atomic mass is 10.0. The zero-order valence-electron chi connectivity index (χ0n) is 25.9. The van der Waals surface area contributed by atoms with E-state index in [2.05, 4.69) is 30.9 Å². The number of H-pyrrole nitrogens is 2. The van der Waals surface area contributed by atoms with Crippen molar-refractivity contribution in [3.05, 3.63) is 120 Å². The number of aromatic nitrogens is 3. The van der Waals surface area contributed by atoms with E-state index >= 15 is 0 Å². The maximum Gasteiger partial charge on any atom is 0.326 e. The third-order valence-corrected chi connectivity index (χ3v) is 7.97. The van der Waals surface area contributed by atoms with Crippen molar-refractivity contribution in [1.82, 2.24) is 30.9 Å². The van der Waals surface area contributed by atoms with Gasteiger partial charge in [0.2, 0.25) is 17.7 Å². The van der Waals surface area contributed by atoms with Gasteiger partial charge < -0.3 is 41.9 Å².